The van der Waals surface area contributed by atoms with Crippen LogP contribution in [0, 0.1) is 0 Å². The lowest BCUT2D eigenvalue weighted by Crippen LogP contribution is -1.91. The van der Waals surface area contributed by atoms with E-state index in [-0.39, 0.29) is 10.8 Å². The van der Waals surface area contributed by atoms with E-state index in [0.29, 0.717) is 0 Å². The molecule has 0 aliphatic heterocycles. The van der Waals surface area contributed by atoms with Crippen molar-refractivity contribution in [2.75, 3.05) is 0 Å². The number of rotatable bonds is 3. The molecule has 0 fully saturated rings. The maximum Gasteiger partial charge on any atom is 0.0629 e. The monoisotopic (exact) mass is 530 g/mol. The van der Waals surface area contributed by atoms with Gasteiger partial charge in [0.15, 0.2) is 0 Å². The minimum absolute atomic E-state index is 0.280. The maximum atomic E-state index is 9.46. The van der Waals surface area contributed by atoms with Gasteiger partial charge in [0, 0.05) is 0 Å². The van der Waals surface area contributed by atoms with E-state index < -0.39 is 211 Å². The molecule has 0 amide bonds. The van der Waals surface area contributed by atoms with Gasteiger partial charge in [-0.2, -0.15) is 0 Å². The first kappa shape index (κ1) is 9.18. The highest BCUT2D eigenvalue weighted by atomic mass is 14.2. The molecule has 40 heavy (non-hydrogen) atoms. The van der Waals surface area contributed by atoms with Crippen LogP contribution in [0.1, 0.15) is 32.9 Å². The summed E-state index contributed by atoms with van der Waals surface area (Å²) >= 11 is 0. The Balaban J connectivity index is 1.67. The third kappa shape index (κ3) is 3.54. The Morgan fingerprint density at radius 2 is 0.775 bits per heavy atom. The Morgan fingerprint density at radius 3 is 1.52 bits per heavy atom. The third-order valence-corrected chi connectivity index (χ3v) is 6.53. The molecule has 0 aliphatic rings. The topological polar surface area (TPSA) is 0 Å². The van der Waals surface area contributed by atoms with E-state index in [2.05, 4.69) is 0 Å². The second kappa shape index (κ2) is 9.22. The van der Waals surface area contributed by atoms with Gasteiger partial charge in [-0.15, -0.1) is 0 Å². The number of hydrogen-bond donors (Lipinski definition) is 0. The van der Waals surface area contributed by atoms with E-state index in [1.807, 2.05) is 0 Å². The van der Waals surface area contributed by atoms with Crippen molar-refractivity contribution in [2.24, 2.45) is 0 Å². The summed E-state index contributed by atoms with van der Waals surface area (Å²) in [6.07, 6.45) is 0. The van der Waals surface area contributed by atoms with Crippen LogP contribution in [0.5, 0.6) is 0 Å². The van der Waals surface area contributed by atoms with Crippen molar-refractivity contribution in [1.29, 1.82) is 0 Å². The fraction of sp³-hybridized carbons (Fsp3) is 0. The maximum absolute atomic E-state index is 9.46. The summed E-state index contributed by atoms with van der Waals surface area (Å²) in [5, 5.41) is -3.72. The first-order chi connectivity index (χ1) is 29.8. The quantitative estimate of drug-likeness (QED) is 0.199. The summed E-state index contributed by atoms with van der Waals surface area (Å²) < 4.78 is 212. The highest BCUT2D eigenvalue weighted by molar-refractivity contribution is 6.23. The van der Waals surface area contributed by atoms with Crippen LogP contribution in [0.25, 0.3) is 76.5 Å². The van der Waals surface area contributed by atoms with E-state index in [0.717, 1.165) is 12.1 Å². The summed E-state index contributed by atoms with van der Waals surface area (Å²) in [7, 11) is 0. The Kier molecular flexibility index (Phi) is 2.12. The van der Waals surface area contributed by atoms with E-state index in [4.69, 9.17) is 21.9 Å². The van der Waals surface area contributed by atoms with Gasteiger partial charge in [0.2, 0.25) is 0 Å². The first-order valence-electron chi connectivity index (χ1n) is 23.9. The van der Waals surface area contributed by atoms with Gasteiger partial charge in [-0.3, -0.25) is 0 Å². The van der Waals surface area contributed by atoms with Crippen molar-refractivity contribution in [3.05, 3.63) is 157 Å². The highest BCUT2D eigenvalue weighted by Gasteiger charge is 2.17. The molecular formula is C40H26. The molecule has 0 nitrogen and oxygen atoms in total. The molecule has 0 radical (unpaired) electrons. The predicted octanol–water partition coefficient (Wildman–Crippen LogP) is 11.3. The van der Waals surface area contributed by atoms with E-state index in [1.54, 1.807) is 0 Å². The summed E-state index contributed by atoms with van der Waals surface area (Å²) in [5.74, 6) is 0. The van der Waals surface area contributed by atoms with Crippen molar-refractivity contribution in [3.63, 3.8) is 0 Å². The van der Waals surface area contributed by atoms with Crippen LogP contribution in [0.2, 0.25) is 0 Å². The highest BCUT2D eigenvalue weighted by Crippen LogP contribution is 2.45. The predicted molar refractivity (Wildman–Crippen MR) is 173 cm³/mol. The van der Waals surface area contributed by atoms with Crippen LogP contribution >= 0.6 is 0 Å². The van der Waals surface area contributed by atoms with Gasteiger partial charge >= 0.3 is 0 Å². The van der Waals surface area contributed by atoms with Crippen LogP contribution < -0.4 is 0 Å². The van der Waals surface area contributed by atoms with Crippen LogP contribution in [0.3, 0.4) is 0 Å². The number of hydrogen-bond acceptors (Lipinski definition) is 0. The Labute approximate surface area is 267 Å². The molecule has 0 heterocycles. The fourth-order valence-corrected chi connectivity index (χ4v) is 4.82. The summed E-state index contributed by atoms with van der Waals surface area (Å²) in [4.78, 5) is 0. The molecule has 0 atom stereocenters. The summed E-state index contributed by atoms with van der Waals surface area (Å²) in [5.41, 5.74) is -3.51. The van der Waals surface area contributed by atoms with Gasteiger partial charge in [0.05, 0.1) is 32.9 Å². The number of benzene rings is 8. The zero-order valence-electron chi connectivity index (χ0n) is 44.2. The number of fused-ring (bicyclic) bond motifs is 4. The molecule has 8 rings (SSSR count). The average molecular weight is 531 g/mol. The zero-order chi connectivity index (χ0) is 47.4. The van der Waals surface area contributed by atoms with Gasteiger partial charge in [-0.25, -0.2) is 0 Å². The lowest BCUT2D eigenvalue weighted by molar-refractivity contribution is 1.63. The second-order valence-electron chi connectivity index (χ2n) is 8.65. The van der Waals surface area contributed by atoms with Gasteiger partial charge in [0.1, 0.15) is 0 Å². The van der Waals surface area contributed by atoms with Crippen LogP contribution in [-0.2, 0) is 0 Å². The fourth-order valence-electron chi connectivity index (χ4n) is 4.82. The molecule has 0 aliphatic carbocycles. The SMILES string of the molecule is [2H]c1cc2c(-c3c4c([2H])c([2H])c([2H])cc4c(-c4c([2H])c([2H])c(-c5c([2H])c([2H])c([2H])c6c([2H])c([2H])c([2H])c([2H])c56)c([2H])c4[2H])c4c([2H])c([2H])c([2H])c([2H])c34)c([2H])c([2H])c([2H])c2c([2H])c1[2H]. The molecule has 0 N–H and O–H groups in total. The van der Waals surface area contributed by atoms with Gasteiger partial charge < -0.3 is 0 Å². The van der Waals surface area contributed by atoms with Gasteiger partial charge in [0.25, 0.3) is 0 Å². The van der Waals surface area contributed by atoms with E-state index >= 15 is 0 Å². The van der Waals surface area contributed by atoms with Crippen molar-refractivity contribution in [2.45, 2.75) is 0 Å². The normalized spacial score (nSPS) is 19.9. The molecule has 186 valence electrons. The van der Waals surface area contributed by atoms with Crippen molar-refractivity contribution in [1.82, 2.24) is 0 Å². The summed E-state index contributed by atoms with van der Waals surface area (Å²) in [6, 6.07) is -17.5. The zero-order valence-corrected chi connectivity index (χ0v) is 20.2. The van der Waals surface area contributed by atoms with Crippen LogP contribution in [0.15, 0.2) is 157 Å². The molecular weight excluding hydrogens is 480 g/mol. The smallest absolute Gasteiger partial charge is 0.0616 e. The van der Waals surface area contributed by atoms with Gasteiger partial charge in [-0.1, -0.05) is 157 Å². The molecule has 0 aromatic heterocycles. The van der Waals surface area contributed by atoms with E-state index in [1.165, 1.54) is 0 Å². The molecule has 8 aromatic rings. The van der Waals surface area contributed by atoms with E-state index in [9.17, 15) is 11.0 Å². The molecule has 0 heteroatoms. The Morgan fingerprint density at radius 1 is 0.300 bits per heavy atom. The standard InChI is InChI=1S/C40H26/c1-3-15-31-27(11-1)13-9-21-32(31)29-23-25-30(26-24-29)39-35-17-5-7-19-37(35)40(38-20-8-6-18-36(38)39)34-22-10-14-28-12-2-4-16-33(28)34/h1-26H/i1D,2D,3D,4D,5D,6D,7D,8D,9D,10D,11D,12D,13D,14D,15D,17D,19D,20D,21D,22D,23D,24D,25D,26D. The largest absolute Gasteiger partial charge is 0.0629 e. The Bertz CT molecular complexity index is 3490. The minimum atomic E-state index is -0.975. The summed E-state index contributed by atoms with van der Waals surface area (Å²) in [6.45, 7) is 0. The molecule has 0 saturated heterocycles. The molecule has 8 aromatic carbocycles. The van der Waals surface area contributed by atoms with Crippen molar-refractivity contribution >= 4 is 43.1 Å². The molecule has 0 spiro atoms. The first-order valence-corrected chi connectivity index (χ1v) is 11.9. The third-order valence-electron chi connectivity index (χ3n) is 6.53. The minimum Gasteiger partial charge on any atom is -0.0616 e. The molecule has 0 unspecified atom stereocenters. The Hall–Kier alpha value is -5.20. The van der Waals surface area contributed by atoms with Crippen molar-refractivity contribution < 1.29 is 32.9 Å². The van der Waals surface area contributed by atoms with Crippen molar-refractivity contribution in [3.8, 4) is 33.4 Å². The van der Waals surface area contributed by atoms with Crippen LogP contribution in [-0.4, -0.2) is 0 Å². The molecule has 0 bridgehead atoms. The lowest BCUT2D eigenvalue weighted by Gasteiger charge is -2.19. The van der Waals surface area contributed by atoms with Crippen LogP contribution in [0.4, 0.5) is 0 Å². The average Bonchev–Trinajstić information content (AvgIpc) is 3.25. The second-order valence-corrected chi connectivity index (χ2v) is 8.65. The lowest BCUT2D eigenvalue weighted by atomic mass is 9.84. The van der Waals surface area contributed by atoms with Gasteiger partial charge in [-0.05, 0) is 76.5 Å². The molecule has 0 saturated carbocycles.